The van der Waals surface area contributed by atoms with E-state index in [0.717, 1.165) is 0 Å². The minimum atomic E-state index is -0.559. The Kier molecular flexibility index (Phi) is 4.08. The molecule has 0 bridgehead atoms. The Morgan fingerprint density at radius 1 is 1.43 bits per heavy atom. The van der Waals surface area contributed by atoms with Gasteiger partial charge in [0.25, 0.3) is 5.69 Å². The van der Waals surface area contributed by atoms with E-state index in [1.807, 2.05) is 0 Å². The van der Waals surface area contributed by atoms with E-state index in [4.69, 9.17) is 0 Å². The van der Waals surface area contributed by atoms with Crippen molar-refractivity contribution in [2.45, 2.75) is 13.8 Å². The van der Waals surface area contributed by atoms with Gasteiger partial charge in [-0.25, -0.2) is 9.78 Å². The molecule has 2 rings (SSSR count). The van der Waals surface area contributed by atoms with Crippen molar-refractivity contribution in [3.05, 3.63) is 50.0 Å². The van der Waals surface area contributed by atoms with Crippen LogP contribution in [0, 0.1) is 24.0 Å². The smallest absolute Gasteiger partial charge is 0.337 e. The third kappa shape index (κ3) is 2.66. The zero-order valence-corrected chi connectivity index (χ0v) is 13.2. The van der Waals surface area contributed by atoms with Crippen LogP contribution in [-0.4, -0.2) is 27.6 Å². The van der Waals surface area contributed by atoms with Crippen molar-refractivity contribution < 1.29 is 14.5 Å². The molecule has 0 aliphatic carbocycles. The van der Waals surface area contributed by atoms with Crippen molar-refractivity contribution >= 4 is 27.6 Å². The molecule has 0 saturated heterocycles. The second kappa shape index (κ2) is 5.65. The Balaban J connectivity index is 2.75. The van der Waals surface area contributed by atoms with Crippen LogP contribution in [0.1, 0.15) is 21.9 Å². The molecule has 8 heteroatoms. The minimum Gasteiger partial charge on any atom is -0.465 e. The maximum absolute atomic E-state index is 11.6. The monoisotopic (exact) mass is 353 g/mol. The first-order valence-electron chi connectivity index (χ1n) is 5.95. The first-order valence-corrected chi connectivity index (χ1v) is 6.74. The lowest BCUT2D eigenvalue weighted by molar-refractivity contribution is -0.384. The summed E-state index contributed by atoms with van der Waals surface area (Å²) in [6, 6.07) is 4.06. The number of carbonyl (C=O) groups excluding carboxylic acids is 1. The van der Waals surface area contributed by atoms with Gasteiger partial charge in [-0.15, -0.1) is 0 Å². The highest BCUT2D eigenvalue weighted by Crippen LogP contribution is 2.30. The highest BCUT2D eigenvalue weighted by Gasteiger charge is 2.22. The van der Waals surface area contributed by atoms with Gasteiger partial charge >= 0.3 is 5.97 Å². The number of carbonyl (C=O) groups is 1. The predicted octanol–water partition coefficient (Wildman–Crippen LogP) is 2.95. The molecule has 1 heterocycles. The molecule has 0 aliphatic heterocycles. The SMILES string of the molecule is COC(=O)c1ccc([N+](=O)[O-])c(-n2c(C)nc(C)c2Br)c1. The number of nitro groups is 1. The highest BCUT2D eigenvalue weighted by atomic mass is 79.9. The maximum Gasteiger partial charge on any atom is 0.337 e. The molecule has 0 radical (unpaired) electrons. The zero-order chi connectivity index (χ0) is 15.7. The van der Waals surface area contributed by atoms with Crippen molar-refractivity contribution in [3.8, 4) is 5.69 Å². The van der Waals surface area contributed by atoms with Crippen LogP contribution in [0.15, 0.2) is 22.8 Å². The normalized spacial score (nSPS) is 10.5. The van der Waals surface area contributed by atoms with Crippen molar-refractivity contribution in [2.24, 2.45) is 0 Å². The lowest BCUT2D eigenvalue weighted by atomic mass is 10.1. The third-order valence-electron chi connectivity index (χ3n) is 2.98. The number of methoxy groups -OCH3 is 1. The average Bonchev–Trinajstić information content (AvgIpc) is 2.70. The zero-order valence-electron chi connectivity index (χ0n) is 11.6. The summed E-state index contributed by atoms with van der Waals surface area (Å²) in [5, 5.41) is 11.2. The third-order valence-corrected chi connectivity index (χ3v) is 3.91. The van der Waals surface area contributed by atoms with Crippen LogP contribution in [0.2, 0.25) is 0 Å². The summed E-state index contributed by atoms with van der Waals surface area (Å²) in [6.45, 7) is 3.51. The van der Waals surface area contributed by atoms with E-state index in [1.165, 1.54) is 25.3 Å². The molecular weight excluding hydrogens is 342 g/mol. The summed E-state index contributed by atoms with van der Waals surface area (Å²) >= 11 is 3.36. The second-order valence-electron chi connectivity index (χ2n) is 4.32. The molecule has 0 N–H and O–H groups in total. The van der Waals surface area contributed by atoms with E-state index >= 15 is 0 Å². The number of nitrogens with zero attached hydrogens (tertiary/aromatic N) is 3. The lowest BCUT2D eigenvalue weighted by Gasteiger charge is -2.09. The van der Waals surface area contributed by atoms with Gasteiger partial charge in [0.05, 0.1) is 23.3 Å². The molecule has 0 fully saturated rings. The van der Waals surface area contributed by atoms with Crippen molar-refractivity contribution in [2.75, 3.05) is 7.11 Å². The van der Waals surface area contributed by atoms with Crippen LogP contribution in [0.25, 0.3) is 5.69 Å². The summed E-state index contributed by atoms with van der Waals surface area (Å²) in [5.74, 6) is 0.0150. The summed E-state index contributed by atoms with van der Waals surface area (Å²) in [5.41, 5.74) is 1.07. The number of aryl methyl sites for hydroxylation is 2. The number of esters is 1. The Labute approximate surface area is 128 Å². The van der Waals surface area contributed by atoms with Gasteiger partial charge < -0.3 is 4.74 Å². The first kappa shape index (κ1) is 15.2. The molecule has 0 spiro atoms. The van der Waals surface area contributed by atoms with Gasteiger partial charge in [0.2, 0.25) is 0 Å². The Morgan fingerprint density at radius 3 is 2.57 bits per heavy atom. The predicted molar refractivity (Wildman–Crippen MR) is 78.7 cm³/mol. The number of imidazole rings is 1. The summed E-state index contributed by atoms with van der Waals surface area (Å²) in [6.07, 6.45) is 0. The molecule has 0 unspecified atom stereocenters. The highest BCUT2D eigenvalue weighted by molar-refractivity contribution is 9.10. The molecule has 7 nitrogen and oxygen atoms in total. The number of halogens is 1. The molecule has 0 atom stereocenters. The van der Waals surface area contributed by atoms with Crippen molar-refractivity contribution in [1.82, 2.24) is 9.55 Å². The Hall–Kier alpha value is -2.22. The topological polar surface area (TPSA) is 87.3 Å². The van der Waals surface area contributed by atoms with Crippen LogP contribution in [-0.2, 0) is 4.74 Å². The molecule has 1 aromatic heterocycles. The van der Waals surface area contributed by atoms with Crippen molar-refractivity contribution in [1.29, 1.82) is 0 Å². The molecule has 0 saturated carbocycles. The van der Waals surface area contributed by atoms with E-state index in [0.29, 0.717) is 16.1 Å². The number of hydrogen-bond acceptors (Lipinski definition) is 5. The van der Waals surface area contributed by atoms with Crippen LogP contribution in [0.4, 0.5) is 5.69 Å². The van der Waals surface area contributed by atoms with E-state index < -0.39 is 10.9 Å². The van der Waals surface area contributed by atoms with E-state index in [-0.39, 0.29) is 16.9 Å². The van der Waals surface area contributed by atoms with Crippen LogP contribution >= 0.6 is 15.9 Å². The largest absolute Gasteiger partial charge is 0.465 e. The van der Waals surface area contributed by atoms with Gasteiger partial charge in [0.15, 0.2) is 0 Å². The fraction of sp³-hybridized carbons (Fsp3) is 0.231. The van der Waals surface area contributed by atoms with Gasteiger partial charge in [-0.3, -0.25) is 14.7 Å². The summed E-state index contributed by atoms with van der Waals surface area (Å²) < 4.78 is 6.83. The van der Waals surface area contributed by atoms with E-state index in [9.17, 15) is 14.9 Å². The summed E-state index contributed by atoms with van der Waals surface area (Å²) in [4.78, 5) is 26.6. The van der Waals surface area contributed by atoms with Crippen LogP contribution < -0.4 is 0 Å². The van der Waals surface area contributed by atoms with Gasteiger partial charge in [-0.1, -0.05) is 0 Å². The van der Waals surface area contributed by atoms with Gasteiger partial charge in [-0.2, -0.15) is 0 Å². The van der Waals surface area contributed by atoms with Crippen molar-refractivity contribution in [3.63, 3.8) is 0 Å². The number of nitro benzene ring substituents is 1. The number of aromatic nitrogens is 2. The molecule has 2 aromatic rings. The fourth-order valence-corrected chi connectivity index (χ4v) is 2.56. The van der Waals surface area contributed by atoms with Gasteiger partial charge in [0, 0.05) is 6.07 Å². The number of hydrogen-bond donors (Lipinski definition) is 0. The fourth-order valence-electron chi connectivity index (χ4n) is 2.02. The van der Waals surface area contributed by atoms with E-state index in [1.54, 1.807) is 18.4 Å². The van der Waals surface area contributed by atoms with Gasteiger partial charge in [-0.05, 0) is 41.9 Å². The molecule has 0 aliphatic rings. The average molecular weight is 354 g/mol. The number of ether oxygens (including phenoxy) is 1. The first-order chi connectivity index (χ1) is 9.86. The quantitative estimate of drug-likeness (QED) is 0.480. The van der Waals surface area contributed by atoms with E-state index in [2.05, 4.69) is 25.7 Å². The van der Waals surface area contributed by atoms with Crippen LogP contribution in [0.5, 0.6) is 0 Å². The molecule has 21 heavy (non-hydrogen) atoms. The number of rotatable bonds is 3. The molecule has 110 valence electrons. The summed E-state index contributed by atoms with van der Waals surface area (Å²) in [7, 11) is 1.26. The Bertz CT molecular complexity index is 739. The van der Waals surface area contributed by atoms with Crippen LogP contribution in [0.3, 0.4) is 0 Å². The molecule has 1 aromatic carbocycles. The maximum atomic E-state index is 11.6. The Morgan fingerprint density at radius 2 is 2.10 bits per heavy atom. The standard InChI is InChI=1S/C13H12BrN3O4/c1-7-12(14)16(8(2)15-7)11-6-9(13(18)21-3)4-5-10(11)17(19)20/h4-6H,1-3H3. The number of benzene rings is 1. The second-order valence-corrected chi connectivity index (χ2v) is 5.07. The van der Waals surface area contributed by atoms with Gasteiger partial charge in [0.1, 0.15) is 16.1 Å². The molecular formula is C13H12BrN3O4. The lowest BCUT2D eigenvalue weighted by Crippen LogP contribution is -2.07. The molecule has 0 amide bonds. The minimum absolute atomic E-state index is 0.121.